The van der Waals surface area contributed by atoms with Gasteiger partial charge in [-0.3, -0.25) is 15.0 Å². The molecule has 0 aliphatic rings. The van der Waals surface area contributed by atoms with Crippen LogP contribution in [0, 0.1) is 11.8 Å². The van der Waals surface area contributed by atoms with Gasteiger partial charge in [0.15, 0.2) is 0 Å². The Bertz CT molecular complexity index is 1480. The van der Waals surface area contributed by atoms with Gasteiger partial charge in [0.25, 0.3) is 5.91 Å². The fourth-order valence-electron chi connectivity index (χ4n) is 5.07. The first kappa shape index (κ1) is 36.1. The Kier molecular flexibility index (Phi) is 13.9. The van der Waals surface area contributed by atoms with Gasteiger partial charge in [0.1, 0.15) is 0 Å². The minimum Gasteiger partial charge on any atom is -0.390 e. The van der Waals surface area contributed by atoms with Gasteiger partial charge in [0, 0.05) is 33.2 Å². The van der Waals surface area contributed by atoms with Crippen LogP contribution >= 0.6 is 0 Å². The van der Waals surface area contributed by atoms with Gasteiger partial charge < -0.3 is 15.2 Å². The van der Waals surface area contributed by atoms with Gasteiger partial charge in [-0.2, -0.15) is 4.31 Å². The number of hydrogen-bond donors (Lipinski definition) is 3. The number of hydrazine groups is 1. The summed E-state index contributed by atoms with van der Waals surface area (Å²) in [5.74, 6) is -0.896. The van der Waals surface area contributed by atoms with Crippen LogP contribution in [0.4, 0.5) is 0 Å². The van der Waals surface area contributed by atoms with Crippen molar-refractivity contribution in [1.82, 2.24) is 20.1 Å². The molecule has 0 aliphatic carbocycles. The second-order valence-corrected chi connectivity index (χ2v) is 14.1. The number of fused-ring (bicyclic) bond motifs is 1. The molecule has 0 bridgehead atoms. The number of carbonyl (C=O) groups is 2. The monoisotopic (exact) mass is 640 g/mol. The highest BCUT2D eigenvalue weighted by Crippen LogP contribution is 2.24. The summed E-state index contributed by atoms with van der Waals surface area (Å²) in [5.41, 5.74) is 3.54. The normalized spacial score (nSPS) is 13.4. The van der Waals surface area contributed by atoms with E-state index in [1.807, 2.05) is 82.3 Å². The van der Waals surface area contributed by atoms with E-state index < -0.39 is 28.1 Å². The molecule has 246 valence electrons. The third-order valence-electron chi connectivity index (χ3n) is 7.25. The zero-order valence-electron chi connectivity index (χ0n) is 27.0. The largest absolute Gasteiger partial charge is 0.390 e. The maximum atomic E-state index is 14.1. The molecular weight excluding hydrogens is 592 g/mol. The summed E-state index contributed by atoms with van der Waals surface area (Å²) in [6.45, 7) is 8.27. The fraction of sp³-hybridized carbons (Fsp3) is 0.471. The summed E-state index contributed by atoms with van der Waals surface area (Å²) in [6, 6.07) is 20.9. The lowest BCUT2D eigenvalue weighted by Gasteiger charge is -2.37. The van der Waals surface area contributed by atoms with Gasteiger partial charge in [-0.1, -0.05) is 88.4 Å². The standard InChI is InChI=1S/C34H48N4O6S/c1-25(2)19-34(41)38(36-33(40)22-35-17-18-44-5)31(20-27-11-7-6-8-12-27)32(39)24-37(23-26(3)4)45(42,43)30-16-15-28-13-9-10-14-29(28)21-30/h6-16,21,25-26,31-32,35,39H,17-20,22-24H2,1-5H3,(H,36,40)/t31?,32-/m1/s1. The number of nitrogens with zero attached hydrogens (tertiary/aromatic N) is 2. The molecule has 3 aromatic carbocycles. The Hall–Kier alpha value is -3.35. The lowest BCUT2D eigenvalue weighted by molar-refractivity contribution is -0.148. The van der Waals surface area contributed by atoms with Crippen molar-refractivity contribution >= 4 is 32.6 Å². The number of amides is 2. The van der Waals surface area contributed by atoms with Crippen molar-refractivity contribution in [2.75, 3.05) is 39.9 Å². The number of rotatable bonds is 17. The van der Waals surface area contributed by atoms with Crippen LogP contribution < -0.4 is 10.7 Å². The smallest absolute Gasteiger partial charge is 0.252 e. The predicted molar refractivity (Wildman–Crippen MR) is 177 cm³/mol. The number of aliphatic hydroxyl groups is 1. The van der Waals surface area contributed by atoms with E-state index in [2.05, 4.69) is 10.7 Å². The molecule has 0 spiro atoms. The van der Waals surface area contributed by atoms with Crippen LogP contribution in [0.25, 0.3) is 10.8 Å². The summed E-state index contributed by atoms with van der Waals surface area (Å²) in [5, 5.41) is 17.7. The number of aliphatic hydroxyl groups excluding tert-OH is 1. The number of nitrogens with one attached hydrogen (secondary N) is 2. The minimum absolute atomic E-state index is 0.0167. The molecule has 3 aromatic rings. The van der Waals surface area contributed by atoms with E-state index in [1.165, 1.54) is 9.31 Å². The van der Waals surface area contributed by atoms with E-state index in [4.69, 9.17) is 4.74 Å². The Labute approximate surface area is 267 Å². The van der Waals surface area contributed by atoms with Crippen LogP contribution in [0.3, 0.4) is 0 Å². The second-order valence-electron chi connectivity index (χ2n) is 12.1. The van der Waals surface area contributed by atoms with Crippen molar-refractivity contribution in [3.05, 3.63) is 78.4 Å². The SMILES string of the molecule is COCCNCC(=O)NN(C(=O)CC(C)C)C(Cc1ccccc1)[C@H](O)CN(CC(C)C)S(=O)(=O)c1ccc2ccccc2c1. The molecule has 11 heteroatoms. The van der Waals surface area contributed by atoms with E-state index in [0.29, 0.717) is 13.2 Å². The average molecular weight is 641 g/mol. The molecule has 0 heterocycles. The van der Waals surface area contributed by atoms with Gasteiger partial charge in [-0.25, -0.2) is 13.4 Å². The highest BCUT2D eigenvalue weighted by atomic mass is 32.2. The molecule has 0 aliphatic heterocycles. The molecule has 0 saturated heterocycles. The molecular formula is C34H48N4O6S. The number of carbonyl (C=O) groups excluding carboxylic acids is 2. The Balaban J connectivity index is 1.98. The number of benzene rings is 3. The Morgan fingerprint density at radius 1 is 0.889 bits per heavy atom. The van der Waals surface area contributed by atoms with E-state index >= 15 is 0 Å². The van der Waals surface area contributed by atoms with Gasteiger partial charge >= 0.3 is 0 Å². The zero-order valence-corrected chi connectivity index (χ0v) is 27.8. The zero-order chi connectivity index (χ0) is 33.0. The minimum atomic E-state index is -4.03. The highest BCUT2D eigenvalue weighted by molar-refractivity contribution is 7.89. The molecule has 0 aromatic heterocycles. The summed E-state index contributed by atoms with van der Waals surface area (Å²) >= 11 is 0. The van der Waals surface area contributed by atoms with Crippen LogP contribution in [0.15, 0.2) is 77.7 Å². The molecule has 45 heavy (non-hydrogen) atoms. The Morgan fingerprint density at radius 2 is 1.56 bits per heavy atom. The lowest BCUT2D eigenvalue weighted by Crippen LogP contribution is -2.60. The lowest BCUT2D eigenvalue weighted by atomic mass is 9.99. The molecule has 2 atom stereocenters. The van der Waals surface area contributed by atoms with Crippen molar-refractivity contribution in [3.63, 3.8) is 0 Å². The highest BCUT2D eigenvalue weighted by Gasteiger charge is 2.36. The van der Waals surface area contributed by atoms with Crippen molar-refractivity contribution in [3.8, 4) is 0 Å². The van der Waals surface area contributed by atoms with E-state index in [0.717, 1.165) is 16.3 Å². The van der Waals surface area contributed by atoms with Crippen molar-refractivity contribution in [1.29, 1.82) is 0 Å². The maximum Gasteiger partial charge on any atom is 0.252 e. The molecule has 0 saturated carbocycles. The van der Waals surface area contributed by atoms with Crippen LogP contribution in [0.5, 0.6) is 0 Å². The molecule has 1 unspecified atom stereocenters. The molecule has 3 rings (SSSR count). The van der Waals surface area contributed by atoms with Crippen molar-refractivity contribution < 1.29 is 27.9 Å². The van der Waals surface area contributed by atoms with Crippen molar-refractivity contribution in [2.24, 2.45) is 11.8 Å². The number of ether oxygens (including phenoxy) is 1. The molecule has 0 fully saturated rings. The van der Waals surface area contributed by atoms with Crippen molar-refractivity contribution in [2.45, 2.75) is 57.6 Å². The first-order chi connectivity index (χ1) is 21.4. The molecule has 2 amide bonds. The second kappa shape index (κ2) is 17.4. The number of hydrogen-bond acceptors (Lipinski definition) is 7. The molecule has 3 N–H and O–H groups in total. The van der Waals surface area contributed by atoms with E-state index in [9.17, 15) is 23.1 Å². The third kappa shape index (κ3) is 10.9. The quantitative estimate of drug-likeness (QED) is 0.152. The van der Waals surface area contributed by atoms with Crippen LogP contribution in [-0.4, -0.2) is 86.7 Å². The van der Waals surface area contributed by atoms with Crippen LogP contribution in [0.2, 0.25) is 0 Å². The molecule has 10 nitrogen and oxygen atoms in total. The predicted octanol–water partition coefficient (Wildman–Crippen LogP) is 3.60. The topological polar surface area (TPSA) is 128 Å². The third-order valence-corrected chi connectivity index (χ3v) is 9.07. The first-order valence-corrected chi connectivity index (χ1v) is 16.9. The Morgan fingerprint density at radius 3 is 2.20 bits per heavy atom. The maximum absolute atomic E-state index is 14.1. The van der Waals surface area contributed by atoms with Gasteiger partial charge in [0.05, 0.1) is 30.2 Å². The van der Waals surface area contributed by atoms with Gasteiger partial charge in [-0.15, -0.1) is 0 Å². The first-order valence-electron chi connectivity index (χ1n) is 15.4. The van der Waals surface area contributed by atoms with E-state index in [1.54, 1.807) is 25.3 Å². The van der Waals surface area contributed by atoms with Gasteiger partial charge in [0.2, 0.25) is 15.9 Å². The summed E-state index contributed by atoms with van der Waals surface area (Å²) in [4.78, 5) is 26.8. The summed E-state index contributed by atoms with van der Waals surface area (Å²) in [7, 11) is -2.47. The fourth-order valence-corrected chi connectivity index (χ4v) is 6.73. The summed E-state index contributed by atoms with van der Waals surface area (Å²) < 4.78 is 34.4. The van der Waals surface area contributed by atoms with Crippen LogP contribution in [0.1, 0.15) is 39.7 Å². The molecule has 0 radical (unpaired) electrons. The average Bonchev–Trinajstić information content (AvgIpc) is 3.00. The number of methoxy groups -OCH3 is 1. The van der Waals surface area contributed by atoms with Gasteiger partial charge in [-0.05, 0) is 46.7 Å². The number of sulfonamides is 1. The summed E-state index contributed by atoms with van der Waals surface area (Å²) in [6.07, 6.45) is -1.02. The van der Waals surface area contributed by atoms with Crippen LogP contribution in [-0.2, 0) is 30.8 Å². The van der Waals surface area contributed by atoms with E-state index in [-0.39, 0.29) is 55.1 Å².